The fraction of sp³-hybridized carbons (Fsp3) is 0.706. The molecule has 2 fully saturated rings. The molecule has 1 saturated carbocycles. The molecule has 116 valence electrons. The summed E-state index contributed by atoms with van der Waals surface area (Å²) in [5.74, 6) is 2.18. The predicted molar refractivity (Wildman–Crippen MR) is 81.8 cm³/mol. The van der Waals surface area contributed by atoms with Gasteiger partial charge in [-0.1, -0.05) is 25.7 Å². The molecule has 0 atom stereocenters. The first-order chi connectivity index (χ1) is 10.3. The van der Waals surface area contributed by atoms with Gasteiger partial charge in [0.05, 0.1) is 12.8 Å². The van der Waals surface area contributed by atoms with Crippen LogP contribution in [0.5, 0.6) is 0 Å². The number of piperazine rings is 1. The minimum Gasteiger partial charge on any atom is -0.468 e. The van der Waals surface area contributed by atoms with Gasteiger partial charge in [0.2, 0.25) is 5.91 Å². The molecule has 21 heavy (non-hydrogen) atoms. The van der Waals surface area contributed by atoms with Gasteiger partial charge >= 0.3 is 0 Å². The maximum absolute atomic E-state index is 12.3. The van der Waals surface area contributed by atoms with Crippen molar-refractivity contribution in [1.29, 1.82) is 0 Å². The first-order valence-electron chi connectivity index (χ1n) is 8.34. The van der Waals surface area contributed by atoms with Gasteiger partial charge in [0.25, 0.3) is 0 Å². The van der Waals surface area contributed by atoms with E-state index in [-0.39, 0.29) is 0 Å². The number of hydrogen-bond acceptors (Lipinski definition) is 3. The van der Waals surface area contributed by atoms with Crippen LogP contribution in [0.25, 0.3) is 0 Å². The topological polar surface area (TPSA) is 36.7 Å². The van der Waals surface area contributed by atoms with Crippen molar-refractivity contribution >= 4 is 5.91 Å². The van der Waals surface area contributed by atoms with Crippen molar-refractivity contribution < 1.29 is 9.21 Å². The van der Waals surface area contributed by atoms with Gasteiger partial charge in [-0.15, -0.1) is 0 Å². The summed E-state index contributed by atoms with van der Waals surface area (Å²) in [6, 6.07) is 3.94. The summed E-state index contributed by atoms with van der Waals surface area (Å²) in [5.41, 5.74) is 0. The van der Waals surface area contributed by atoms with E-state index < -0.39 is 0 Å². The summed E-state index contributed by atoms with van der Waals surface area (Å²) in [6.07, 6.45) is 8.98. The van der Waals surface area contributed by atoms with Crippen LogP contribution in [0.3, 0.4) is 0 Å². The Morgan fingerprint density at radius 2 is 1.95 bits per heavy atom. The third-order valence-electron chi connectivity index (χ3n) is 4.93. The number of carbonyl (C=O) groups excluding carboxylic acids is 1. The molecule has 0 unspecified atom stereocenters. The molecule has 2 aliphatic rings. The van der Waals surface area contributed by atoms with E-state index in [1.165, 1.54) is 25.7 Å². The minimum atomic E-state index is 0.361. The average Bonchev–Trinajstić information content (AvgIpc) is 3.19. The summed E-state index contributed by atoms with van der Waals surface area (Å²) < 4.78 is 5.38. The summed E-state index contributed by atoms with van der Waals surface area (Å²) >= 11 is 0. The van der Waals surface area contributed by atoms with Gasteiger partial charge in [-0.05, 0) is 24.5 Å². The first-order valence-corrected chi connectivity index (χ1v) is 8.34. The van der Waals surface area contributed by atoms with Crippen LogP contribution >= 0.6 is 0 Å². The van der Waals surface area contributed by atoms with Gasteiger partial charge in [-0.25, -0.2) is 0 Å². The Bertz CT molecular complexity index is 430. The standard InChI is InChI=1S/C17H26N2O2/c20-17(8-7-15-4-1-2-5-15)19-11-9-18(10-12-19)14-16-6-3-13-21-16/h3,6,13,15H,1-2,4-5,7-12,14H2. The van der Waals surface area contributed by atoms with Crippen LogP contribution in [0.4, 0.5) is 0 Å². The smallest absolute Gasteiger partial charge is 0.222 e. The van der Waals surface area contributed by atoms with Gasteiger partial charge in [0.15, 0.2) is 0 Å². The lowest BCUT2D eigenvalue weighted by atomic mass is 10.0. The van der Waals surface area contributed by atoms with E-state index in [4.69, 9.17) is 4.42 Å². The van der Waals surface area contributed by atoms with Crippen molar-refractivity contribution in [2.45, 2.75) is 45.1 Å². The second-order valence-electron chi connectivity index (χ2n) is 6.43. The summed E-state index contributed by atoms with van der Waals surface area (Å²) in [5, 5.41) is 0. The number of carbonyl (C=O) groups is 1. The molecule has 4 nitrogen and oxygen atoms in total. The summed E-state index contributed by atoms with van der Waals surface area (Å²) in [6.45, 7) is 4.50. The van der Waals surface area contributed by atoms with Crippen LogP contribution in [-0.4, -0.2) is 41.9 Å². The van der Waals surface area contributed by atoms with Crippen LogP contribution in [-0.2, 0) is 11.3 Å². The molecular weight excluding hydrogens is 264 g/mol. The molecule has 1 amide bonds. The van der Waals surface area contributed by atoms with Crippen LogP contribution in [0.15, 0.2) is 22.8 Å². The monoisotopic (exact) mass is 290 g/mol. The molecule has 4 heteroatoms. The number of nitrogens with zero attached hydrogens (tertiary/aromatic N) is 2. The lowest BCUT2D eigenvalue weighted by Gasteiger charge is -2.34. The van der Waals surface area contributed by atoms with Crippen molar-refractivity contribution in [2.24, 2.45) is 5.92 Å². The van der Waals surface area contributed by atoms with Gasteiger partial charge in [-0.2, -0.15) is 0 Å². The highest BCUT2D eigenvalue weighted by Crippen LogP contribution is 2.28. The molecule has 3 rings (SSSR count). The highest BCUT2D eigenvalue weighted by molar-refractivity contribution is 5.76. The maximum atomic E-state index is 12.3. The average molecular weight is 290 g/mol. The maximum Gasteiger partial charge on any atom is 0.222 e. The van der Waals surface area contributed by atoms with E-state index in [1.54, 1.807) is 6.26 Å². The molecule has 0 bridgehead atoms. The van der Waals surface area contributed by atoms with Crippen molar-refractivity contribution in [3.63, 3.8) is 0 Å². The Hall–Kier alpha value is -1.29. The third kappa shape index (κ3) is 4.10. The van der Waals surface area contributed by atoms with Crippen LogP contribution in [0.1, 0.15) is 44.3 Å². The second-order valence-corrected chi connectivity index (χ2v) is 6.43. The fourth-order valence-electron chi connectivity index (χ4n) is 3.56. The van der Waals surface area contributed by atoms with Crippen molar-refractivity contribution in [1.82, 2.24) is 9.80 Å². The highest BCUT2D eigenvalue weighted by atomic mass is 16.3. The molecule has 1 aromatic rings. The largest absolute Gasteiger partial charge is 0.468 e. The van der Waals surface area contributed by atoms with E-state index in [2.05, 4.69) is 4.90 Å². The molecule has 1 saturated heterocycles. The van der Waals surface area contributed by atoms with E-state index >= 15 is 0 Å². The molecule has 1 aromatic heterocycles. The molecule has 1 aliphatic carbocycles. The Morgan fingerprint density at radius 1 is 1.19 bits per heavy atom. The highest BCUT2D eigenvalue weighted by Gasteiger charge is 2.23. The lowest BCUT2D eigenvalue weighted by molar-refractivity contribution is -0.133. The van der Waals surface area contributed by atoms with E-state index in [0.29, 0.717) is 5.91 Å². The zero-order valence-corrected chi connectivity index (χ0v) is 12.8. The van der Waals surface area contributed by atoms with Gasteiger partial charge in [-0.3, -0.25) is 9.69 Å². The Kier molecular flexibility index (Phi) is 4.96. The molecule has 0 N–H and O–H groups in total. The van der Waals surface area contributed by atoms with Crippen LogP contribution in [0.2, 0.25) is 0 Å². The van der Waals surface area contributed by atoms with E-state index in [1.807, 2.05) is 17.0 Å². The molecule has 2 heterocycles. The molecule has 0 radical (unpaired) electrons. The van der Waals surface area contributed by atoms with Gasteiger partial charge in [0, 0.05) is 32.6 Å². The van der Waals surface area contributed by atoms with Crippen LogP contribution in [0, 0.1) is 5.92 Å². The predicted octanol–water partition coefficient (Wildman–Crippen LogP) is 2.89. The van der Waals surface area contributed by atoms with Crippen molar-refractivity contribution in [2.75, 3.05) is 26.2 Å². The normalized spacial score (nSPS) is 21.0. The third-order valence-corrected chi connectivity index (χ3v) is 4.93. The van der Waals surface area contributed by atoms with E-state index in [9.17, 15) is 4.79 Å². The quantitative estimate of drug-likeness (QED) is 0.836. The Balaban J connectivity index is 1.37. The zero-order valence-electron chi connectivity index (χ0n) is 12.8. The van der Waals surface area contributed by atoms with Crippen LogP contribution < -0.4 is 0 Å². The van der Waals surface area contributed by atoms with Crippen molar-refractivity contribution in [3.05, 3.63) is 24.2 Å². The lowest BCUT2D eigenvalue weighted by Crippen LogP contribution is -2.48. The number of hydrogen-bond donors (Lipinski definition) is 0. The summed E-state index contributed by atoms with van der Waals surface area (Å²) in [4.78, 5) is 16.7. The number of amides is 1. The molecular formula is C17H26N2O2. The molecule has 1 aliphatic heterocycles. The SMILES string of the molecule is O=C(CCC1CCCC1)N1CCN(Cc2ccco2)CC1. The zero-order chi connectivity index (χ0) is 14.5. The van der Waals surface area contributed by atoms with Gasteiger partial charge < -0.3 is 9.32 Å². The Morgan fingerprint density at radius 3 is 2.62 bits per heavy atom. The number of rotatable bonds is 5. The molecule has 0 aromatic carbocycles. The van der Waals surface area contributed by atoms with E-state index in [0.717, 1.165) is 57.2 Å². The van der Waals surface area contributed by atoms with Crippen molar-refractivity contribution in [3.8, 4) is 0 Å². The summed E-state index contributed by atoms with van der Waals surface area (Å²) in [7, 11) is 0. The van der Waals surface area contributed by atoms with Gasteiger partial charge in [0.1, 0.15) is 5.76 Å². The first kappa shape index (κ1) is 14.6. The Labute approximate surface area is 127 Å². The fourth-order valence-corrected chi connectivity index (χ4v) is 3.56. The minimum absolute atomic E-state index is 0.361. The molecule has 0 spiro atoms. The second kappa shape index (κ2) is 7.12. The number of furan rings is 1.